The number of hydrogen-bond acceptors (Lipinski definition) is 6. The Hall–Kier alpha value is -5.40. The number of hydrogen-bond donors (Lipinski definition) is 0. The van der Waals surface area contributed by atoms with Crippen LogP contribution in [0.3, 0.4) is 0 Å². The average Bonchev–Trinajstić information content (AvgIpc) is 3.10. The summed E-state index contributed by atoms with van der Waals surface area (Å²) in [5.74, 6) is 13.1. The van der Waals surface area contributed by atoms with E-state index in [4.69, 9.17) is 42.1 Å². The van der Waals surface area contributed by atoms with E-state index in [-0.39, 0.29) is 13.2 Å². The number of halogens is 2. The molecule has 0 saturated heterocycles. The van der Waals surface area contributed by atoms with Crippen LogP contribution in [0.15, 0.2) is 110 Å². The third-order valence-electron chi connectivity index (χ3n) is 6.58. The summed E-state index contributed by atoms with van der Waals surface area (Å²) in [6, 6.07) is 26.1. The number of carbonyl (C=O) groups is 2. The van der Waals surface area contributed by atoms with Crippen molar-refractivity contribution in [1.29, 1.82) is 0 Å². The first-order valence-electron chi connectivity index (χ1n) is 15.0. The zero-order valence-corrected chi connectivity index (χ0v) is 27.6. The third kappa shape index (κ3) is 11.4. The molecule has 0 N–H and O–H groups in total. The molecule has 0 aliphatic rings. The molecule has 0 unspecified atom stereocenters. The normalized spacial score (nSPS) is 9.96. The zero-order valence-electron chi connectivity index (χ0n) is 26.1. The summed E-state index contributed by atoms with van der Waals surface area (Å²) >= 11 is 13.3. The fraction of sp³-hybridized carbons (Fsp3) is 0.150. The smallest absolute Gasteiger partial charge is 0.330 e. The van der Waals surface area contributed by atoms with E-state index in [9.17, 15) is 9.59 Å². The van der Waals surface area contributed by atoms with Crippen molar-refractivity contribution in [2.75, 3.05) is 26.4 Å². The van der Waals surface area contributed by atoms with Crippen molar-refractivity contribution in [3.8, 4) is 46.3 Å². The molecule has 0 heterocycles. The molecule has 242 valence electrons. The summed E-state index contributed by atoms with van der Waals surface area (Å²) in [6.07, 6.45) is 3.43. The molecule has 48 heavy (non-hydrogen) atoms. The van der Waals surface area contributed by atoms with E-state index in [2.05, 4.69) is 36.8 Å². The van der Waals surface area contributed by atoms with Gasteiger partial charge in [-0.05, 0) is 72.8 Å². The van der Waals surface area contributed by atoms with Crippen LogP contribution < -0.4 is 9.47 Å². The third-order valence-corrected chi connectivity index (χ3v) is 7.20. The van der Waals surface area contributed by atoms with Gasteiger partial charge in [0.1, 0.15) is 11.5 Å². The Morgan fingerprint density at radius 1 is 0.542 bits per heavy atom. The van der Waals surface area contributed by atoms with Gasteiger partial charge in [0, 0.05) is 68.4 Å². The van der Waals surface area contributed by atoms with Gasteiger partial charge in [0.25, 0.3) is 0 Å². The number of carbonyl (C=O) groups excluding carboxylic acids is 2. The molecule has 4 aromatic rings. The first-order valence-corrected chi connectivity index (χ1v) is 15.8. The lowest BCUT2D eigenvalue weighted by atomic mass is 10.0. The molecule has 0 aromatic heterocycles. The topological polar surface area (TPSA) is 71.1 Å². The highest BCUT2D eigenvalue weighted by Crippen LogP contribution is 2.34. The van der Waals surface area contributed by atoms with Crippen LogP contribution in [0.2, 0.25) is 10.0 Å². The molecule has 6 nitrogen and oxygen atoms in total. The summed E-state index contributed by atoms with van der Waals surface area (Å²) in [5.41, 5.74) is 4.77. The molecule has 0 aliphatic carbocycles. The van der Waals surface area contributed by atoms with Crippen LogP contribution >= 0.6 is 23.2 Å². The molecule has 4 rings (SSSR count). The van der Waals surface area contributed by atoms with Crippen molar-refractivity contribution in [3.05, 3.63) is 143 Å². The average molecular weight is 680 g/mol. The molecule has 0 amide bonds. The Morgan fingerprint density at radius 3 is 1.25 bits per heavy atom. The largest absolute Gasteiger partial charge is 0.493 e. The molecule has 4 aromatic carbocycles. The van der Waals surface area contributed by atoms with Gasteiger partial charge < -0.3 is 18.9 Å². The maximum absolute atomic E-state index is 11.1. The molecule has 0 radical (unpaired) electrons. The van der Waals surface area contributed by atoms with E-state index >= 15 is 0 Å². The maximum Gasteiger partial charge on any atom is 0.330 e. The van der Waals surface area contributed by atoms with Crippen LogP contribution in [0, 0.1) is 23.7 Å². The molecule has 0 saturated carbocycles. The highest BCUT2D eigenvalue weighted by Gasteiger charge is 2.09. The Balaban J connectivity index is 1.30. The molecular weight excluding hydrogens is 647 g/mol. The maximum atomic E-state index is 11.1. The summed E-state index contributed by atoms with van der Waals surface area (Å²) < 4.78 is 21.2. The van der Waals surface area contributed by atoms with Gasteiger partial charge in [-0.3, -0.25) is 0 Å². The van der Waals surface area contributed by atoms with Gasteiger partial charge in [-0.1, -0.05) is 72.2 Å². The van der Waals surface area contributed by atoms with E-state index < -0.39 is 11.9 Å². The summed E-state index contributed by atoms with van der Waals surface area (Å²) in [5, 5.41) is 1.07. The van der Waals surface area contributed by atoms with Crippen molar-refractivity contribution in [2.45, 2.75) is 12.8 Å². The van der Waals surface area contributed by atoms with Crippen LogP contribution in [0.4, 0.5) is 0 Å². The minimum absolute atomic E-state index is 0.276. The number of ether oxygens (including phenoxy) is 4. The van der Waals surface area contributed by atoms with Crippen molar-refractivity contribution >= 4 is 35.1 Å². The molecular formula is C40H32Cl2O6. The summed E-state index contributed by atoms with van der Waals surface area (Å²) in [7, 11) is 0. The molecule has 0 bridgehead atoms. The van der Waals surface area contributed by atoms with Crippen molar-refractivity contribution < 1.29 is 28.5 Å². The minimum atomic E-state index is -0.443. The highest BCUT2D eigenvalue weighted by molar-refractivity contribution is 6.36. The van der Waals surface area contributed by atoms with E-state index in [1.165, 1.54) is 0 Å². The van der Waals surface area contributed by atoms with Gasteiger partial charge in [-0.2, -0.15) is 0 Å². The predicted molar refractivity (Wildman–Crippen MR) is 189 cm³/mol. The minimum Gasteiger partial charge on any atom is -0.493 e. The van der Waals surface area contributed by atoms with Crippen LogP contribution in [0.5, 0.6) is 11.5 Å². The fourth-order valence-corrected chi connectivity index (χ4v) is 4.71. The molecule has 0 spiro atoms. The Bertz CT molecular complexity index is 1730. The molecule has 0 fully saturated rings. The Kier molecular flexibility index (Phi) is 13.8. The standard InChI is InChI=1S/C40H32Cl2O6/c1-3-39(43)47-25-5-23-45-33-17-11-29(12-18-33)7-9-31-15-21-35(37(41)27-31)36-22-16-32(28-38(36)42)10-8-30-13-19-34(20-14-30)46-24-6-26-48-40(44)4-2/h3-4,11-22,27-28H,1-2,5-6,23-26H2. The van der Waals surface area contributed by atoms with Gasteiger partial charge in [0.15, 0.2) is 0 Å². The summed E-state index contributed by atoms with van der Waals surface area (Å²) in [6.45, 7) is 8.12. The van der Waals surface area contributed by atoms with Crippen LogP contribution in [0.1, 0.15) is 35.1 Å². The molecule has 0 atom stereocenters. The number of rotatable bonds is 13. The van der Waals surface area contributed by atoms with E-state index in [1.54, 1.807) is 0 Å². The van der Waals surface area contributed by atoms with Crippen LogP contribution in [-0.2, 0) is 19.1 Å². The lowest BCUT2D eigenvalue weighted by Gasteiger charge is -2.08. The van der Waals surface area contributed by atoms with Gasteiger partial charge >= 0.3 is 11.9 Å². The first-order chi connectivity index (χ1) is 23.3. The van der Waals surface area contributed by atoms with Gasteiger partial charge in [0.2, 0.25) is 0 Å². The molecule has 0 aliphatic heterocycles. The van der Waals surface area contributed by atoms with Gasteiger partial charge in [0.05, 0.1) is 26.4 Å². The second kappa shape index (κ2) is 18.7. The second-order valence-corrected chi connectivity index (χ2v) is 10.9. The molecule has 8 heteroatoms. The monoisotopic (exact) mass is 678 g/mol. The van der Waals surface area contributed by atoms with Crippen LogP contribution in [0.25, 0.3) is 11.1 Å². The van der Waals surface area contributed by atoms with E-state index in [0.29, 0.717) is 47.6 Å². The Morgan fingerprint density at radius 2 is 0.896 bits per heavy atom. The van der Waals surface area contributed by atoms with Gasteiger partial charge in [-0.15, -0.1) is 0 Å². The summed E-state index contributed by atoms with van der Waals surface area (Å²) in [4.78, 5) is 22.1. The van der Waals surface area contributed by atoms with Gasteiger partial charge in [-0.25, -0.2) is 9.59 Å². The second-order valence-electron chi connectivity index (χ2n) is 10.1. The predicted octanol–water partition coefficient (Wildman–Crippen LogP) is 8.46. The quantitative estimate of drug-likeness (QED) is 0.0612. The van der Waals surface area contributed by atoms with Crippen molar-refractivity contribution in [3.63, 3.8) is 0 Å². The number of esters is 2. The van der Waals surface area contributed by atoms with E-state index in [1.807, 2.05) is 84.9 Å². The van der Waals surface area contributed by atoms with E-state index in [0.717, 1.165) is 45.5 Å². The fourth-order valence-electron chi connectivity index (χ4n) is 4.14. The zero-order chi connectivity index (χ0) is 34.1. The lowest BCUT2D eigenvalue weighted by Crippen LogP contribution is -2.06. The van der Waals surface area contributed by atoms with Crippen LogP contribution in [-0.4, -0.2) is 38.4 Å². The SMILES string of the molecule is C=CC(=O)OCCCOc1ccc(C#Cc2ccc(-c3ccc(C#Cc4ccc(OCCCOC(=O)C=C)cc4)cc3Cl)c(Cl)c2)cc1. The Labute approximate surface area is 290 Å². The number of benzene rings is 4. The first kappa shape index (κ1) is 35.5. The highest BCUT2D eigenvalue weighted by atomic mass is 35.5. The van der Waals surface area contributed by atoms with Crippen molar-refractivity contribution in [1.82, 2.24) is 0 Å². The van der Waals surface area contributed by atoms with Crippen molar-refractivity contribution in [2.24, 2.45) is 0 Å². The lowest BCUT2D eigenvalue weighted by molar-refractivity contribution is -0.138.